The molecule has 2 saturated heterocycles. The highest BCUT2D eigenvalue weighted by Gasteiger charge is 2.49. The van der Waals surface area contributed by atoms with Gasteiger partial charge in [0.1, 0.15) is 12.7 Å². The number of hydrogen-bond donors (Lipinski definition) is 1. The molecule has 0 spiro atoms. The van der Waals surface area contributed by atoms with Crippen LogP contribution in [0.15, 0.2) is 66.7 Å². The maximum absolute atomic E-state index is 12.6. The van der Waals surface area contributed by atoms with Gasteiger partial charge >= 0.3 is 0 Å². The molecular formula is C22H22N2O3. The van der Waals surface area contributed by atoms with Gasteiger partial charge in [-0.2, -0.15) is 0 Å². The Morgan fingerprint density at radius 2 is 1.81 bits per heavy atom. The lowest BCUT2D eigenvalue weighted by Gasteiger charge is -2.50. The molecule has 0 radical (unpaired) electrons. The Morgan fingerprint density at radius 1 is 1.11 bits per heavy atom. The summed E-state index contributed by atoms with van der Waals surface area (Å²) in [6.45, 7) is 1.04. The number of likely N-dealkylation sites (tertiary alicyclic amines) is 1. The molecule has 27 heavy (non-hydrogen) atoms. The second-order valence-electron chi connectivity index (χ2n) is 6.96. The highest BCUT2D eigenvalue weighted by molar-refractivity contribution is 5.92. The van der Waals surface area contributed by atoms with E-state index in [0.29, 0.717) is 19.5 Å². The molecule has 0 aromatic heterocycles. The van der Waals surface area contributed by atoms with Crippen LogP contribution in [0.25, 0.3) is 6.08 Å². The molecule has 0 unspecified atom stereocenters. The van der Waals surface area contributed by atoms with Crippen LogP contribution in [0.4, 0.5) is 0 Å². The van der Waals surface area contributed by atoms with Crippen molar-refractivity contribution in [3.05, 3.63) is 77.9 Å². The van der Waals surface area contributed by atoms with Crippen LogP contribution in [0.1, 0.15) is 17.5 Å². The fraction of sp³-hybridized carbons (Fsp3) is 0.273. The predicted molar refractivity (Wildman–Crippen MR) is 103 cm³/mol. The number of carbonyl (C=O) groups is 2. The Morgan fingerprint density at radius 3 is 2.56 bits per heavy atom. The standard InChI is InChI=1S/C22H22N2O3/c25-20-16-27-19-15-24(21(26)12-11-17-7-3-1-4-8-17)14-13-22(19,23-20)18-9-5-2-6-10-18/h1-12,19H,13-16H2,(H,23,25)/b12-11+/t19-,22+/m1/s1. The lowest BCUT2D eigenvalue weighted by Crippen LogP contribution is -2.67. The minimum absolute atomic E-state index is 0.0289. The summed E-state index contributed by atoms with van der Waals surface area (Å²) in [5, 5.41) is 3.15. The van der Waals surface area contributed by atoms with Crippen molar-refractivity contribution in [3.63, 3.8) is 0 Å². The molecule has 2 amide bonds. The van der Waals surface area contributed by atoms with E-state index < -0.39 is 5.54 Å². The molecule has 5 nitrogen and oxygen atoms in total. The molecule has 5 heteroatoms. The van der Waals surface area contributed by atoms with Gasteiger partial charge < -0.3 is 15.0 Å². The van der Waals surface area contributed by atoms with Crippen LogP contribution in [-0.4, -0.2) is 42.5 Å². The molecule has 2 aliphatic heterocycles. The monoisotopic (exact) mass is 362 g/mol. The largest absolute Gasteiger partial charge is 0.364 e. The van der Waals surface area contributed by atoms with E-state index in [2.05, 4.69) is 5.32 Å². The van der Waals surface area contributed by atoms with Crippen molar-refractivity contribution in [2.45, 2.75) is 18.1 Å². The number of hydrogen-bond acceptors (Lipinski definition) is 3. The van der Waals surface area contributed by atoms with E-state index in [1.54, 1.807) is 11.0 Å². The predicted octanol–water partition coefficient (Wildman–Crippen LogP) is 2.34. The molecule has 1 N–H and O–H groups in total. The third-order valence-corrected chi connectivity index (χ3v) is 5.31. The average molecular weight is 362 g/mol. The van der Waals surface area contributed by atoms with Gasteiger partial charge in [-0.15, -0.1) is 0 Å². The second kappa shape index (κ2) is 7.37. The summed E-state index contributed by atoms with van der Waals surface area (Å²) in [5.74, 6) is -0.153. The number of benzene rings is 2. The van der Waals surface area contributed by atoms with Crippen LogP contribution in [-0.2, 0) is 19.9 Å². The first-order valence-corrected chi connectivity index (χ1v) is 9.17. The number of nitrogens with one attached hydrogen (secondary N) is 1. The maximum Gasteiger partial charge on any atom is 0.246 e. The lowest BCUT2D eigenvalue weighted by molar-refractivity contribution is -0.156. The Hall–Kier alpha value is -2.92. The molecule has 0 bridgehead atoms. The minimum atomic E-state index is -0.573. The summed E-state index contributed by atoms with van der Waals surface area (Å²) in [5.41, 5.74) is 1.44. The smallest absolute Gasteiger partial charge is 0.246 e. The lowest BCUT2D eigenvalue weighted by atomic mass is 9.77. The minimum Gasteiger partial charge on any atom is -0.364 e. The summed E-state index contributed by atoms with van der Waals surface area (Å²) in [6.07, 6.45) is 3.79. The van der Waals surface area contributed by atoms with Crippen LogP contribution in [0, 0.1) is 0 Å². The molecular weight excluding hydrogens is 340 g/mol. The molecule has 0 aliphatic carbocycles. The van der Waals surface area contributed by atoms with Gasteiger partial charge in [-0.3, -0.25) is 9.59 Å². The molecule has 2 fully saturated rings. The first-order valence-electron chi connectivity index (χ1n) is 9.17. The zero-order valence-corrected chi connectivity index (χ0v) is 15.0. The number of nitrogens with zero attached hydrogens (tertiary/aromatic N) is 1. The van der Waals surface area contributed by atoms with Gasteiger partial charge in [-0.05, 0) is 23.6 Å². The number of carbonyl (C=O) groups excluding carboxylic acids is 2. The third-order valence-electron chi connectivity index (χ3n) is 5.31. The zero-order valence-electron chi connectivity index (χ0n) is 15.0. The van der Waals surface area contributed by atoms with Crippen molar-refractivity contribution in [1.29, 1.82) is 0 Å². The first kappa shape index (κ1) is 17.5. The van der Waals surface area contributed by atoms with Crippen LogP contribution in [0.2, 0.25) is 0 Å². The van der Waals surface area contributed by atoms with Crippen LogP contribution in [0.3, 0.4) is 0 Å². The number of ether oxygens (including phenoxy) is 1. The Kier molecular flexibility index (Phi) is 4.77. The molecule has 138 valence electrons. The van der Waals surface area contributed by atoms with Gasteiger partial charge in [0, 0.05) is 19.2 Å². The van der Waals surface area contributed by atoms with E-state index in [1.807, 2.05) is 66.7 Å². The molecule has 0 saturated carbocycles. The average Bonchev–Trinajstić information content (AvgIpc) is 2.73. The molecule has 2 aliphatic rings. The van der Waals surface area contributed by atoms with Gasteiger partial charge in [0.15, 0.2) is 0 Å². The van der Waals surface area contributed by atoms with Crippen molar-refractivity contribution in [2.24, 2.45) is 0 Å². The Bertz CT molecular complexity index is 850. The van der Waals surface area contributed by atoms with Gasteiger partial charge in [0.05, 0.1) is 5.54 Å². The van der Waals surface area contributed by atoms with Crippen molar-refractivity contribution in [2.75, 3.05) is 19.7 Å². The van der Waals surface area contributed by atoms with Crippen molar-refractivity contribution < 1.29 is 14.3 Å². The summed E-state index contributed by atoms with van der Waals surface area (Å²) in [6, 6.07) is 19.6. The van der Waals surface area contributed by atoms with Crippen molar-refractivity contribution in [3.8, 4) is 0 Å². The van der Waals surface area contributed by atoms with Gasteiger partial charge in [0.25, 0.3) is 0 Å². The molecule has 4 rings (SSSR count). The van der Waals surface area contributed by atoms with Gasteiger partial charge in [-0.25, -0.2) is 0 Å². The van der Waals surface area contributed by atoms with E-state index in [4.69, 9.17) is 4.74 Å². The van der Waals surface area contributed by atoms with E-state index in [-0.39, 0.29) is 24.5 Å². The summed E-state index contributed by atoms with van der Waals surface area (Å²) in [7, 11) is 0. The van der Waals surface area contributed by atoms with Crippen LogP contribution >= 0.6 is 0 Å². The summed E-state index contributed by atoms with van der Waals surface area (Å²) < 4.78 is 5.87. The maximum atomic E-state index is 12.6. The topological polar surface area (TPSA) is 58.6 Å². The van der Waals surface area contributed by atoms with Crippen LogP contribution < -0.4 is 5.32 Å². The fourth-order valence-corrected chi connectivity index (χ4v) is 3.89. The second-order valence-corrected chi connectivity index (χ2v) is 6.96. The Balaban J connectivity index is 1.52. The van der Waals surface area contributed by atoms with Crippen molar-refractivity contribution in [1.82, 2.24) is 10.2 Å². The Labute approximate surface area is 158 Å². The quantitative estimate of drug-likeness (QED) is 0.853. The third kappa shape index (κ3) is 3.51. The number of amides is 2. The van der Waals surface area contributed by atoms with E-state index in [9.17, 15) is 9.59 Å². The molecule has 2 aromatic rings. The number of rotatable bonds is 3. The number of fused-ring (bicyclic) bond motifs is 1. The normalized spacial score (nSPS) is 25.1. The van der Waals surface area contributed by atoms with Crippen LogP contribution in [0.5, 0.6) is 0 Å². The molecule has 2 heterocycles. The van der Waals surface area contributed by atoms with E-state index in [1.165, 1.54) is 0 Å². The van der Waals surface area contributed by atoms with Gasteiger partial charge in [-0.1, -0.05) is 60.7 Å². The number of piperidine rings is 1. The highest BCUT2D eigenvalue weighted by atomic mass is 16.5. The SMILES string of the molecule is O=C1CO[C@@H]2CN(C(=O)/C=C/c3ccccc3)CC[C@@]2(c2ccccc2)N1. The van der Waals surface area contributed by atoms with Gasteiger partial charge in [0.2, 0.25) is 11.8 Å². The summed E-state index contributed by atoms with van der Waals surface area (Å²) >= 11 is 0. The van der Waals surface area contributed by atoms with E-state index in [0.717, 1.165) is 11.1 Å². The fourth-order valence-electron chi connectivity index (χ4n) is 3.89. The highest BCUT2D eigenvalue weighted by Crippen LogP contribution is 2.37. The molecule has 2 aromatic carbocycles. The van der Waals surface area contributed by atoms with E-state index >= 15 is 0 Å². The first-order chi connectivity index (χ1) is 13.2. The van der Waals surface area contributed by atoms with Crippen molar-refractivity contribution >= 4 is 17.9 Å². The summed E-state index contributed by atoms with van der Waals surface area (Å²) in [4.78, 5) is 26.5. The molecule has 2 atom stereocenters. The number of morpholine rings is 1. The zero-order chi connectivity index (χ0) is 18.7.